The van der Waals surface area contributed by atoms with Crippen molar-refractivity contribution in [2.75, 3.05) is 6.54 Å². The average Bonchev–Trinajstić information content (AvgIpc) is 3.09. The smallest absolute Gasteiger partial charge is 0.272 e. The fraction of sp³-hybridized carbons (Fsp3) is 0.273. The zero-order valence-electron chi connectivity index (χ0n) is 17.3. The predicted molar refractivity (Wildman–Crippen MR) is 113 cm³/mol. The Morgan fingerprint density at radius 3 is 2.48 bits per heavy atom. The number of rotatable bonds is 5. The molecule has 0 spiro atoms. The van der Waals surface area contributed by atoms with E-state index >= 15 is 0 Å². The van der Waals surface area contributed by atoms with Crippen LogP contribution < -0.4 is 5.32 Å². The minimum absolute atomic E-state index is 0.0820. The predicted octanol–water partition coefficient (Wildman–Crippen LogP) is 2.54. The van der Waals surface area contributed by atoms with E-state index in [0.717, 1.165) is 16.8 Å². The van der Waals surface area contributed by atoms with Gasteiger partial charge in [0.15, 0.2) is 5.69 Å². The molecule has 1 amide bonds. The molecule has 0 saturated heterocycles. The van der Waals surface area contributed by atoms with Gasteiger partial charge in [0.25, 0.3) is 5.91 Å². The molecule has 2 aromatic carbocycles. The van der Waals surface area contributed by atoms with E-state index in [1.54, 1.807) is 48.1 Å². The van der Waals surface area contributed by atoms with Crippen LogP contribution >= 0.6 is 0 Å². The minimum atomic E-state index is -3.68. The molecule has 0 saturated carbocycles. The van der Waals surface area contributed by atoms with Crippen molar-refractivity contribution >= 4 is 15.9 Å². The molecular weight excluding hydrogens is 419 g/mol. The summed E-state index contributed by atoms with van der Waals surface area (Å²) >= 11 is 0. The molecular formula is C22H23FN4O3S. The summed E-state index contributed by atoms with van der Waals surface area (Å²) in [5, 5.41) is 7.13. The summed E-state index contributed by atoms with van der Waals surface area (Å²) < 4.78 is 42.3. The third-order valence-corrected chi connectivity index (χ3v) is 7.31. The first-order valence-electron chi connectivity index (χ1n) is 9.90. The molecule has 0 radical (unpaired) electrons. The third-order valence-electron chi connectivity index (χ3n) is 5.45. The van der Waals surface area contributed by atoms with Gasteiger partial charge in [-0.05, 0) is 36.8 Å². The lowest BCUT2D eigenvalue weighted by atomic mass is 10.1. The van der Waals surface area contributed by atoms with Crippen molar-refractivity contribution in [3.8, 4) is 0 Å². The van der Waals surface area contributed by atoms with Crippen LogP contribution in [-0.2, 0) is 36.6 Å². The van der Waals surface area contributed by atoms with Crippen LogP contribution in [0.5, 0.6) is 0 Å². The average molecular weight is 443 g/mol. The van der Waals surface area contributed by atoms with Crippen LogP contribution in [0.4, 0.5) is 4.39 Å². The van der Waals surface area contributed by atoms with E-state index in [4.69, 9.17) is 0 Å². The molecule has 31 heavy (non-hydrogen) atoms. The normalized spacial score (nSPS) is 14.3. The fourth-order valence-electron chi connectivity index (χ4n) is 3.68. The summed E-state index contributed by atoms with van der Waals surface area (Å²) in [6.45, 7) is 2.52. The van der Waals surface area contributed by atoms with Gasteiger partial charge >= 0.3 is 0 Å². The summed E-state index contributed by atoms with van der Waals surface area (Å²) in [5.41, 5.74) is 3.40. The molecule has 2 heterocycles. The van der Waals surface area contributed by atoms with Crippen molar-refractivity contribution in [3.05, 3.63) is 82.4 Å². The molecule has 3 aromatic rings. The SMILES string of the molecule is Cc1ccc(S(=O)(=O)N2CCc3c(c(C(=O)NCc4ccc(F)cc4)nn3C)C2)cc1. The van der Waals surface area contributed by atoms with Crippen LogP contribution in [0.25, 0.3) is 0 Å². The number of benzene rings is 2. The van der Waals surface area contributed by atoms with Crippen LogP contribution in [0, 0.1) is 12.7 Å². The van der Waals surface area contributed by atoms with Crippen molar-refractivity contribution in [2.45, 2.75) is 31.3 Å². The number of carbonyl (C=O) groups excluding carboxylic acids is 1. The Bertz CT molecular complexity index is 1220. The highest BCUT2D eigenvalue weighted by Gasteiger charge is 2.33. The second-order valence-corrected chi connectivity index (χ2v) is 9.55. The third kappa shape index (κ3) is 4.24. The monoisotopic (exact) mass is 442 g/mol. The highest BCUT2D eigenvalue weighted by Crippen LogP contribution is 2.27. The molecule has 0 bridgehead atoms. The Labute approximate surface area is 180 Å². The molecule has 4 rings (SSSR count). The lowest BCUT2D eigenvalue weighted by molar-refractivity contribution is 0.0943. The van der Waals surface area contributed by atoms with Gasteiger partial charge in [-0.25, -0.2) is 12.8 Å². The number of nitrogens with one attached hydrogen (secondary N) is 1. The number of aryl methyl sites for hydroxylation is 2. The van der Waals surface area contributed by atoms with Gasteiger partial charge in [0.1, 0.15) is 5.82 Å². The van der Waals surface area contributed by atoms with E-state index in [-0.39, 0.29) is 29.5 Å². The zero-order valence-corrected chi connectivity index (χ0v) is 18.1. The standard InChI is InChI=1S/C22H23FN4O3S/c1-15-3-9-18(10-4-15)31(29,30)27-12-11-20-19(14-27)21(25-26(20)2)22(28)24-13-16-5-7-17(23)8-6-16/h3-10H,11-14H2,1-2H3,(H,24,28). The number of hydrogen-bond donors (Lipinski definition) is 1. The number of amides is 1. The van der Waals surface area contributed by atoms with Gasteiger partial charge in [0, 0.05) is 44.4 Å². The number of aromatic nitrogens is 2. The first-order chi connectivity index (χ1) is 14.8. The van der Waals surface area contributed by atoms with E-state index < -0.39 is 15.9 Å². The second-order valence-electron chi connectivity index (χ2n) is 7.61. The van der Waals surface area contributed by atoms with Crippen LogP contribution in [0.15, 0.2) is 53.4 Å². The molecule has 162 valence electrons. The maximum Gasteiger partial charge on any atom is 0.272 e. The number of nitrogens with zero attached hydrogens (tertiary/aromatic N) is 3. The number of carbonyl (C=O) groups is 1. The van der Waals surface area contributed by atoms with Gasteiger partial charge in [-0.1, -0.05) is 29.8 Å². The van der Waals surface area contributed by atoms with E-state index in [9.17, 15) is 17.6 Å². The molecule has 0 unspecified atom stereocenters. The number of halogens is 1. The topological polar surface area (TPSA) is 84.3 Å². The molecule has 1 N–H and O–H groups in total. The quantitative estimate of drug-likeness (QED) is 0.658. The van der Waals surface area contributed by atoms with Gasteiger partial charge in [0.05, 0.1) is 4.90 Å². The molecule has 1 aromatic heterocycles. The largest absolute Gasteiger partial charge is 0.347 e. The summed E-state index contributed by atoms with van der Waals surface area (Å²) in [4.78, 5) is 13.0. The molecule has 0 aliphatic carbocycles. The van der Waals surface area contributed by atoms with Crippen LogP contribution in [-0.4, -0.2) is 35.0 Å². The van der Waals surface area contributed by atoms with E-state index in [1.807, 2.05) is 6.92 Å². The van der Waals surface area contributed by atoms with Crippen molar-refractivity contribution in [1.82, 2.24) is 19.4 Å². The Morgan fingerprint density at radius 2 is 1.81 bits per heavy atom. The Hall–Kier alpha value is -3.04. The van der Waals surface area contributed by atoms with Gasteiger partial charge in [-0.3, -0.25) is 9.48 Å². The summed E-state index contributed by atoms with van der Waals surface area (Å²) in [6, 6.07) is 12.6. The fourth-order valence-corrected chi connectivity index (χ4v) is 5.09. The highest BCUT2D eigenvalue weighted by molar-refractivity contribution is 7.89. The Balaban J connectivity index is 1.55. The molecule has 1 aliphatic heterocycles. The first kappa shape index (κ1) is 21.2. The second kappa shape index (κ2) is 8.24. The minimum Gasteiger partial charge on any atom is -0.347 e. The van der Waals surface area contributed by atoms with Crippen LogP contribution in [0.3, 0.4) is 0 Å². The first-order valence-corrected chi connectivity index (χ1v) is 11.3. The van der Waals surface area contributed by atoms with E-state index in [1.165, 1.54) is 16.4 Å². The molecule has 1 aliphatic rings. The van der Waals surface area contributed by atoms with Crippen molar-refractivity contribution in [2.24, 2.45) is 7.05 Å². The number of fused-ring (bicyclic) bond motifs is 1. The van der Waals surface area contributed by atoms with Gasteiger partial charge in [-0.2, -0.15) is 9.40 Å². The summed E-state index contributed by atoms with van der Waals surface area (Å²) in [7, 11) is -1.94. The summed E-state index contributed by atoms with van der Waals surface area (Å²) in [6.07, 6.45) is 0.467. The highest BCUT2D eigenvalue weighted by atomic mass is 32.2. The van der Waals surface area contributed by atoms with Gasteiger partial charge in [0.2, 0.25) is 10.0 Å². The van der Waals surface area contributed by atoms with Crippen molar-refractivity contribution < 1.29 is 17.6 Å². The maximum atomic E-state index is 13.1. The molecule has 0 fully saturated rings. The summed E-state index contributed by atoms with van der Waals surface area (Å²) in [5.74, 6) is -0.737. The Morgan fingerprint density at radius 1 is 1.13 bits per heavy atom. The van der Waals surface area contributed by atoms with Crippen molar-refractivity contribution in [3.63, 3.8) is 0 Å². The number of sulfonamides is 1. The lowest BCUT2D eigenvalue weighted by Gasteiger charge is -2.27. The maximum absolute atomic E-state index is 13.1. The van der Waals surface area contributed by atoms with Gasteiger partial charge in [-0.15, -0.1) is 0 Å². The lowest BCUT2D eigenvalue weighted by Crippen LogP contribution is -2.37. The Kier molecular flexibility index (Phi) is 5.63. The van der Waals surface area contributed by atoms with Crippen molar-refractivity contribution in [1.29, 1.82) is 0 Å². The molecule has 7 nitrogen and oxygen atoms in total. The molecule has 0 atom stereocenters. The van der Waals surface area contributed by atoms with Crippen LogP contribution in [0.2, 0.25) is 0 Å². The number of hydrogen-bond acceptors (Lipinski definition) is 4. The van der Waals surface area contributed by atoms with Gasteiger partial charge < -0.3 is 5.32 Å². The van der Waals surface area contributed by atoms with Crippen LogP contribution in [0.1, 0.15) is 32.9 Å². The van der Waals surface area contributed by atoms with E-state index in [2.05, 4.69) is 10.4 Å². The van der Waals surface area contributed by atoms with E-state index in [0.29, 0.717) is 18.5 Å². The molecule has 9 heteroatoms. The zero-order chi connectivity index (χ0) is 22.2.